The molecule has 0 aromatic heterocycles. The predicted octanol–water partition coefficient (Wildman–Crippen LogP) is 2.39. The third kappa shape index (κ3) is 3.22. The highest BCUT2D eigenvalue weighted by Gasteiger charge is 2.40. The lowest BCUT2D eigenvalue weighted by Gasteiger charge is -2.09. The van der Waals surface area contributed by atoms with E-state index in [1.807, 2.05) is 0 Å². The zero-order chi connectivity index (χ0) is 11.4. The molecule has 3 N–H and O–H groups in total. The van der Waals surface area contributed by atoms with Crippen molar-refractivity contribution in [3.63, 3.8) is 0 Å². The van der Waals surface area contributed by atoms with Gasteiger partial charge in [0.1, 0.15) is 0 Å². The van der Waals surface area contributed by atoms with Crippen molar-refractivity contribution in [1.29, 1.82) is 0 Å². The standard InChI is InChI=1S/C12H21N3O/c13-12(16)15-14-11-7-5-3-1-2-4-6-9-8-10(9)11/h9-10H,1-8H2,(H3,13,15,16)/b14-11-. The molecule has 2 aliphatic rings. The van der Waals surface area contributed by atoms with Crippen molar-refractivity contribution < 1.29 is 4.79 Å². The molecule has 2 atom stereocenters. The van der Waals surface area contributed by atoms with Crippen molar-refractivity contribution in [1.82, 2.24) is 5.43 Å². The van der Waals surface area contributed by atoms with E-state index in [4.69, 9.17) is 5.73 Å². The molecule has 90 valence electrons. The summed E-state index contributed by atoms with van der Waals surface area (Å²) in [5.41, 5.74) is 8.59. The van der Waals surface area contributed by atoms with Crippen molar-refractivity contribution in [2.75, 3.05) is 0 Å². The Morgan fingerprint density at radius 1 is 1.25 bits per heavy atom. The summed E-state index contributed by atoms with van der Waals surface area (Å²) >= 11 is 0. The van der Waals surface area contributed by atoms with E-state index in [9.17, 15) is 4.79 Å². The molecule has 2 rings (SSSR count). The second kappa shape index (κ2) is 5.32. The maximum absolute atomic E-state index is 10.6. The fraction of sp³-hybridized carbons (Fsp3) is 0.833. The van der Waals surface area contributed by atoms with Gasteiger partial charge in [0.15, 0.2) is 0 Å². The summed E-state index contributed by atoms with van der Waals surface area (Å²) in [6.45, 7) is 0. The van der Waals surface area contributed by atoms with E-state index in [1.54, 1.807) is 0 Å². The van der Waals surface area contributed by atoms with Gasteiger partial charge in [0.05, 0.1) is 0 Å². The molecular weight excluding hydrogens is 202 g/mol. The minimum Gasteiger partial charge on any atom is -0.350 e. The first kappa shape index (κ1) is 11.4. The average Bonchev–Trinajstić information content (AvgIpc) is 3.01. The van der Waals surface area contributed by atoms with Gasteiger partial charge >= 0.3 is 6.03 Å². The van der Waals surface area contributed by atoms with Crippen LogP contribution in [0.15, 0.2) is 5.10 Å². The lowest BCUT2D eigenvalue weighted by Crippen LogP contribution is -2.26. The van der Waals surface area contributed by atoms with Crippen molar-refractivity contribution in [2.45, 2.75) is 51.4 Å². The maximum atomic E-state index is 10.6. The van der Waals surface area contributed by atoms with Crippen LogP contribution < -0.4 is 11.2 Å². The highest BCUT2D eigenvalue weighted by Crippen LogP contribution is 2.45. The fourth-order valence-corrected chi connectivity index (χ4v) is 2.67. The molecular formula is C12H21N3O. The van der Waals surface area contributed by atoms with Crippen LogP contribution in [-0.2, 0) is 0 Å². The Labute approximate surface area is 96.7 Å². The number of rotatable bonds is 1. The Morgan fingerprint density at radius 2 is 2.00 bits per heavy atom. The molecule has 2 unspecified atom stereocenters. The Hall–Kier alpha value is -1.06. The molecule has 2 aliphatic carbocycles. The molecule has 4 nitrogen and oxygen atoms in total. The third-order valence-corrected chi connectivity index (χ3v) is 3.67. The van der Waals surface area contributed by atoms with Crippen LogP contribution in [0.4, 0.5) is 4.79 Å². The van der Waals surface area contributed by atoms with Gasteiger partial charge in [0.2, 0.25) is 0 Å². The molecule has 0 spiro atoms. The van der Waals surface area contributed by atoms with Gasteiger partial charge in [-0.3, -0.25) is 0 Å². The summed E-state index contributed by atoms with van der Waals surface area (Å²) in [4.78, 5) is 10.6. The first-order valence-electron chi connectivity index (χ1n) is 6.39. The third-order valence-electron chi connectivity index (χ3n) is 3.67. The zero-order valence-corrected chi connectivity index (χ0v) is 9.74. The van der Waals surface area contributed by atoms with E-state index in [1.165, 1.54) is 50.7 Å². The lowest BCUT2D eigenvalue weighted by atomic mass is 10.00. The summed E-state index contributed by atoms with van der Waals surface area (Å²) in [7, 11) is 0. The lowest BCUT2D eigenvalue weighted by molar-refractivity contribution is 0.249. The molecule has 0 saturated heterocycles. The monoisotopic (exact) mass is 223 g/mol. The number of fused-ring (bicyclic) bond motifs is 1. The van der Waals surface area contributed by atoms with Gasteiger partial charge in [-0.15, -0.1) is 0 Å². The number of amides is 2. The van der Waals surface area contributed by atoms with E-state index in [2.05, 4.69) is 10.5 Å². The molecule has 4 heteroatoms. The molecule has 0 bridgehead atoms. The number of carbonyl (C=O) groups is 1. The van der Waals surface area contributed by atoms with Gasteiger partial charge in [-0.05, 0) is 31.6 Å². The fourth-order valence-electron chi connectivity index (χ4n) is 2.67. The Bertz CT molecular complexity index is 288. The highest BCUT2D eigenvalue weighted by atomic mass is 16.2. The maximum Gasteiger partial charge on any atom is 0.332 e. The molecule has 0 aliphatic heterocycles. The number of hydrogen-bond acceptors (Lipinski definition) is 2. The zero-order valence-electron chi connectivity index (χ0n) is 9.74. The molecule has 0 aromatic rings. The summed E-state index contributed by atoms with van der Waals surface area (Å²) in [5, 5.41) is 4.17. The minimum atomic E-state index is -0.554. The van der Waals surface area contributed by atoms with Crippen LogP contribution in [0.1, 0.15) is 51.4 Å². The number of nitrogens with zero attached hydrogens (tertiary/aromatic N) is 1. The van der Waals surface area contributed by atoms with Gasteiger partial charge in [0.25, 0.3) is 0 Å². The largest absolute Gasteiger partial charge is 0.350 e. The molecule has 2 fully saturated rings. The van der Waals surface area contributed by atoms with Crippen LogP contribution >= 0.6 is 0 Å². The number of hydrogen-bond donors (Lipinski definition) is 2. The van der Waals surface area contributed by atoms with Gasteiger partial charge < -0.3 is 5.73 Å². The van der Waals surface area contributed by atoms with Gasteiger partial charge in [-0.25, -0.2) is 10.2 Å². The number of carbonyl (C=O) groups excluding carboxylic acids is 1. The Balaban J connectivity index is 1.92. The van der Waals surface area contributed by atoms with E-state index in [0.29, 0.717) is 5.92 Å². The molecule has 16 heavy (non-hydrogen) atoms. The summed E-state index contributed by atoms with van der Waals surface area (Å²) in [5.74, 6) is 1.46. The summed E-state index contributed by atoms with van der Waals surface area (Å²) in [6.07, 6.45) is 10.2. The van der Waals surface area contributed by atoms with E-state index in [-0.39, 0.29) is 0 Å². The summed E-state index contributed by atoms with van der Waals surface area (Å²) < 4.78 is 0. The Kier molecular flexibility index (Phi) is 3.80. The van der Waals surface area contributed by atoms with Crippen LogP contribution in [0.25, 0.3) is 0 Å². The van der Waals surface area contributed by atoms with Crippen LogP contribution in [0.3, 0.4) is 0 Å². The van der Waals surface area contributed by atoms with Crippen molar-refractivity contribution in [3.05, 3.63) is 0 Å². The Morgan fingerprint density at radius 3 is 2.81 bits per heavy atom. The predicted molar refractivity (Wildman–Crippen MR) is 64.1 cm³/mol. The van der Waals surface area contributed by atoms with Crippen LogP contribution in [0.2, 0.25) is 0 Å². The van der Waals surface area contributed by atoms with Crippen molar-refractivity contribution >= 4 is 11.7 Å². The second-order valence-corrected chi connectivity index (χ2v) is 4.99. The smallest absolute Gasteiger partial charge is 0.332 e. The van der Waals surface area contributed by atoms with Crippen molar-refractivity contribution in [3.8, 4) is 0 Å². The topological polar surface area (TPSA) is 67.5 Å². The quantitative estimate of drug-likeness (QED) is 0.658. The number of hydrazone groups is 1. The SMILES string of the molecule is NC(=O)N/N=C1/CCCCCCCC2CC12. The average molecular weight is 223 g/mol. The van der Waals surface area contributed by atoms with Gasteiger partial charge in [-0.2, -0.15) is 5.10 Å². The van der Waals surface area contributed by atoms with E-state index < -0.39 is 6.03 Å². The number of urea groups is 1. The first-order chi connectivity index (χ1) is 7.77. The van der Waals surface area contributed by atoms with Crippen LogP contribution in [-0.4, -0.2) is 11.7 Å². The van der Waals surface area contributed by atoms with Crippen LogP contribution in [0, 0.1) is 11.8 Å². The summed E-state index contributed by atoms with van der Waals surface area (Å²) in [6, 6.07) is -0.554. The normalized spacial score (nSPS) is 32.9. The molecule has 0 heterocycles. The number of nitrogens with one attached hydrogen (secondary N) is 1. The first-order valence-corrected chi connectivity index (χ1v) is 6.39. The molecule has 2 saturated carbocycles. The van der Waals surface area contributed by atoms with E-state index >= 15 is 0 Å². The number of nitrogens with two attached hydrogens (primary N) is 1. The second-order valence-electron chi connectivity index (χ2n) is 4.99. The van der Waals surface area contributed by atoms with Crippen LogP contribution in [0.5, 0.6) is 0 Å². The van der Waals surface area contributed by atoms with Crippen molar-refractivity contribution in [2.24, 2.45) is 22.7 Å². The molecule has 0 aromatic carbocycles. The molecule has 0 radical (unpaired) electrons. The minimum absolute atomic E-state index is 0.554. The highest BCUT2D eigenvalue weighted by molar-refractivity contribution is 5.90. The molecule has 2 amide bonds. The van der Waals surface area contributed by atoms with E-state index in [0.717, 1.165) is 12.3 Å². The van der Waals surface area contributed by atoms with Gasteiger partial charge in [-0.1, -0.05) is 25.7 Å². The number of primary amides is 1. The van der Waals surface area contributed by atoms with Gasteiger partial charge in [0, 0.05) is 11.6 Å².